The summed E-state index contributed by atoms with van der Waals surface area (Å²) in [5.41, 5.74) is 1.16. The van der Waals surface area contributed by atoms with E-state index in [-0.39, 0.29) is 18.3 Å². The molecule has 5 nitrogen and oxygen atoms in total. The van der Waals surface area contributed by atoms with Crippen molar-refractivity contribution in [3.63, 3.8) is 0 Å². The molecular weight excluding hydrogens is 330 g/mol. The third-order valence-corrected chi connectivity index (χ3v) is 3.96. The third kappa shape index (κ3) is 8.31. The summed E-state index contributed by atoms with van der Waals surface area (Å²) in [7, 11) is 2.98. The molecule has 0 aliphatic heterocycles. The molecular formula is C18H26ClNO4. The van der Waals surface area contributed by atoms with Crippen LogP contribution in [0.4, 0.5) is 0 Å². The van der Waals surface area contributed by atoms with E-state index in [0.717, 1.165) is 24.8 Å². The molecule has 0 fully saturated rings. The van der Waals surface area contributed by atoms with Crippen molar-refractivity contribution in [2.75, 3.05) is 33.9 Å². The fraction of sp³-hybridized carbons (Fsp3) is 0.556. The fourth-order valence-electron chi connectivity index (χ4n) is 2.34. The van der Waals surface area contributed by atoms with Gasteiger partial charge in [0.2, 0.25) is 5.91 Å². The fourth-order valence-corrected chi connectivity index (χ4v) is 2.47. The SMILES string of the molecule is COCCCN(CCC(=O)OC)C(=O)CCCc1ccc(Cl)cc1. The zero-order valence-electron chi connectivity index (χ0n) is 14.4. The highest BCUT2D eigenvalue weighted by Crippen LogP contribution is 2.12. The van der Waals surface area contributed by atoms with E-state index < -0.39 is 0 Å². The summed E-state index contributed by atoms with van der Waals surface area (Å²) in [5.74, 6) is -0.246. The van der Waals surface area contributed by atoms with Gasteiger partial charge >= 0.3 is 5.97 Å². The lowest BCUT2D eigenvalue weighted by atomic mass is 10.1. The van der Waals surface area contributed by atoms with E-state index in [0.29, 0.717) is 31.1 Å². The van der Waals surface area contributed by atoms with Crippen molar-refractivity contribution in [2.45, 2.75) is 32.1 Å². The topological polar surface area (TPSA) is 55.8 Å². The van der Waals surface area contributed by atoms with Crippen LogP contribution in [0.25, 0.3) is 0 Å². The number of rotatable bonds is 11. The molecule has 6 heteroatoms. The molecule has 24 heavy (non-hydrogen) atoms. The lowest BCUT2D eigenvalue weighted by Gasteiger charge is -2.22. The molecule has 0 atom stereocenters. The van der Waals surface area contributed by atoms with Crippen LogP contribution in [0.2, 0.25) is 5.02 Å². The monoisotopic (exact) mass is 355 g/mol. The van der Waals surface area contributed by atoms with Gasteiger partial charge in [-0.2, -0.15) is 0 Å². The van der Waals surface area contributed by atoms with Crippen LogP contribution in [0.3, 0.4) is 0 Å². The van der Waals surface area contributed by atoms with Crippen molar-refractivity contribution < 1.29 is 19.1 Å². The van der Waals surface area contributed by atoms with E-state index in [2.05, 4.69) is 4.74 Å². The van der Waals surface area contributed by atoms with Gasteiger partial charge in [-0.3, -0.25) is 9.59 Å². The third-order valence-electron chi connectivity index (χ3n) is 3.71. The Morgan fingerprint density at radius 1 is 1.04 bits per heavy atom. The molecule has 0 radical (unpaired) electrons. The summed E-state index contributed by atoms with van der Waals surface area (Å²) in [6.07, 6.45) is 3.01. The zero-order chi connectivity index (χ0) is 17.8. The Kier molecular flexibility index (Phi) is 10.1. The van der Waals surface area contributed by atoms with E-state index in [1.54, 1.807) is 12.0 Å². The van der Waals surface area contributed by atoms with Crippen molar-refractivity contribution >= 4 is 23.5 Å². The number of methoxy groups -OCH3 is 2. The van der Waals surface area contributed by atoms with Crippen molar-refractivity contribution in [1.82, 2.24) is 4.90 Å². The number of hydrogen-bond donors (Lipinski definition) is 0. The maximum absolute atomic E-state index is 12.4. The Balaban J connectivity index is 2.43. The van der Waals surface area contributed by atoms with E-state index >= 15 is 0 Å². The number of aryl methyl sites for hydroxylation is 1. The van der Waals surface area contributed by atoms with E-state index in [4.69, 9.17) is 16.3 Å². The highest BCUT2D eigenvalue weighted by Gasteiger charge is 2.14. The maximum atomic E-state index is 12.4. The molecule has 0 N–H and O–H groups in total. The van der Waals surface area contributed by atoms with Crippen LogP contribution in [-0.4, -0.2) is 50.7 Å². The minimum atomic E-state index is -0.305. The maximum Gasteiger partial charge on any atom is 0.307 e. The first-order valence-corrected chi connectivity index (χ1v) is 8.52. The van der Waals surface area contributed by atoms with Crippen LogP contribution in [0.5, 0.6) is 0 Å². The van der Waals surface area contributed by atoms with Gasteiger partial charge in [-0.05, 0) is 37.0 Å². The second-order valence-electron chi connectivity index (χ2n) is 5.53. The zero-order valence-corrected chi connectivity index (χ0v) is 15.2. The van der Waals surface area contributed by atoms with E-state index in [1.807, 2.05) is 24.3 Å². The summed E-state index contributed by atoms with van der Waals surface area (Å²) in [4.78, 5) is 25.4. The van der Waals surface area contributed by atoms with Crippen molar-refractivity contribution in [2.24, 2.45) is 0 Å². The van der Waals surface area contributed by atoms with Crippen LogP contribution in [-0.2, 0) is 25.5 Å². The van der Waals surface area contributed by atoms with Gasteiger partial charge < -0.3 is 14.4 Å². The van der Waals surface area contributed by atoms with Gasteiger partial charge in [-0.1, -0.05) is 23.7 Å². The molecule has 0 aromatic heterocycles. The number of carbonyl (C=O) groups excluding carboxylic acids is 2. The lowest BCUT2D eigenvalue weighted by molar-refractivity contribution is -0.141. The van der Waals surface area contributed by atoms with Crippen molar-refractivity contribution in [3.8, 4) is 0 Å². The second kappa shape index (κ2) is 11.9. The Bertz CT molecular complexity index is 504. The first-order chi connectivity index (χ1) is 11.6. The van der Waals surface area contributed by atoms with Crippen LogP contribution in [0, 0.1) is 0 Å². The summed E-state index contributed by atoms with van der Waals surface area (Å²) in [5, 5.41) is 0.710. The number of halogens is 1. The molecule has 0 heterocycles. The van der Waals surface area contributed by atoms with Gasteiger partial charge in [0.1, 0.15) is 0 Å². The van der Waals surface area contributed by atoms with Crippen LogP contribution in [0.15, 0.2) is 24.3 Å². The van der Waals surface area contributed by atoms with Crippen LogP contribution < -0.4 is 0 Å². The number of ether oxygens (including phenoxy) is 2. The first-order valence-electron chi connectivity index (χ1n) is 8.14. The molecule has 1 aromatic rings. The molecule has 0 aliphatic carbocycles. The van der Waals surface area contributed by atoms with E-state index in [1.165, 1.54) is 7.11 Å². The lowest BCUT2D eigenvalue weighted by Crippen LogP contribution is -2.34. The molecule has 0 bridgehead atoms. The highest BCUT2D eigenvalue weighted by molar-refractivity contribution is 6.30. The quantitative estimate of drug-likeness (QED) is 0.452. The van der Waals surface area contributed by atoms with Gasteiger partial charge in [0.25, 0.3) is 0 Å². The minimum absolute atomic E-state index is 0.0592. The summed E-state index contributed by atoms with van der Waals surface area (Å²) >= 11 is 5.86. The van der Waals surface area contributed by atoms with Gasteiger partial charge in [0.05, 0.1) is 13.5 Å². The smallest absolute Gasteiger partial charge is 0.307 e. The number of nitrogens with zero attached hydrogens (tertiary/aromatic N) is 1. The molecule has 1 amide bonds. The number of esters is 1. The number of benzene rings is 1. The van der Waals surface area contributed by atoms with Gasteiger partial charge in [0.15, 0.2) is 0 Å². The van der Waals surface area contributed by atoms with E-state index in [9.17, 15) is 9.59 Å². The molecule has 1 rings (SSSR count). The molecule has 134 valence electrons. The number of amides is 1. The van der Waals surface area contributed by atoms with Crippen LogP contribution >= 0.6 is 11.6 Å². The van der Waals surface area contributed by atoms with Crippen molar-refractivity contribution in [3.05, 3.63) is 34.9 Å². The molecule has 0 saturated carbocycles. The largest absolute Gasteiger partial charge is 0.469 e. The van der Waals surface area contributed by atoms with Gasteiger partial charge in [-0.15, -0.1) is 0 Å². The summed E-state index contributed by atoms with van der Waals surface area (Å²) in [6, 6.07) is 7.65. The molecule has 0 spiro atoms. The minimum Gasteiger partial charge on any atom is -0.469 e. The standard InChI is InChI=1S/C18H26ClNO4/c1-23-14-4-12-20(13-11-18(22)24-2)17(21)6-3-5-15-7-9-16(19)10-8-15/h7-10H,3-6,11-14H2,1-2H3. The summed E-state index contributed by atoms with van der Waals surface area (Å²) < 4.78 is 9.67. The number of carbonyl (C=O) groups is 2. The van der Waals surface area contributed by atoms with Gasteiger partial charge in [-0.25, -0.2) is 0 Å². The Labute approximate surface area is 148 Å². The predicted octanol–water partition coefficient (Wildman–Crippen LogP) is 3.09. The Morgan fingerprint density at radius 3 is 2.38 bits per heavy atom. The average molecular weight is 356 g/mol. The second-order valence-corrected chi connectivity index (χ2v) is 5.97. The average Bonchev–Trinajstić information content (AvgIpc) is 2.59. The molecule has 0 aliphatic rings. The number of hydrogen-bond acceptors (Lipinski definition) is 4. The van der Waals surface area contributed by atoms with Crippen molar-refractivity contribution in [1.29, 1.82) is 0 Å². The van der Waals surface area contributed by atoms with Crippen LogP contribution in [0.1, 0.15) is 31.2 Å². The van der Waals surface area contributed by atoms with Gasteiger partial charge in [0, 0.05) is 38.2 Å². The normalized spacial score (nSPS) is 10.5. The Hall–Kier alpha value is -1.59. The highest BCUT2D eigenvalue weighted by atomic mass is 35.5. The molecule has 1 aromatic carbocycles. The molecule has 0 unspecified atom stereocenters. The summed E-state index contributed by atoms with van der Waals surface area (Å²) in [6.45, 7) is 1.56. The predicted molar refractivity (Wildman–Crippen MR) is 94.1 cm³/mol. The first kappa shape index (κ1) is 20.5. The Morgan fingerprint density at radius 2 is 1.75 bits per heavy atom. The molecule has 0 saturated heterocycles.